The topological polar surface area (TPSA) is 41.5 Å². The van der Waals surface area contributed by atoms with Gasteiger partial charge >= 0.3 is 0 Å². The summed E-state index contributed by atoms with van der Waals surface area (Å²) < 4.78 is 5.17. The van der Waals surface area contributed by atoms with Gasteiger partial charge in [0, 0.05) is 6.07 Å². The molecular formula is C13H18ClNO2. The van der Waals surface area contributed by atoms with Crippen LogP contribution in [0.25, 0.3) is 0 Å². The molecule has 4 heteroatoms. The zero-order valence-electron chi connectivity index (χ0n) is 10.0. The number of phenolic OH excluding ortho intramolecular Hbond substituents is 1. The standard InChI is InChI=1S/C13H18ClNO2/c1-17-11-6-10(13(16)12(14)7-11)5-9-3-2-4-15-8-9/h6-7,9,15-16H,2-5,8H2,1H3. The summed E-state index contributed by atoms with van der Waals surface area (Å²) in [5, 5.41) is 13.7. The number of halogens is 1. The van der Waals surface area contributed by atoms with E-state index in [4.69, 9.17) is 16.3 Å². The molecule has 1 aromatic rings. The zero-order chi connectivity index (χ0) is 12.3. The number of methoxy groups -OCH3 is 1. The van der Waals surface area contributed by atoms with Crippen LogP contribution < -0.4 is 10.1 Å². The van der Waals surface area contributed by atoms with Gasteiger partial charge in [0.15, 0.2) is 0 Å². The molecule has 0 aliphatic carbocycles. The summed E-state index contributed by atoms with van der Waals surface area (Å²) in [6.07, 6.45) is 3.24. The Kier molecular flexibility index (Phi) is 4.13. The minimum Gasteiger partial charge on any atom is -0.506 e. The van der Waals surface area contributed by atoms with Crippen LogP contribution in [0.2, 0.25) is 5.02 Å². The molecule has 1 aliphatic rings. The van der Waals surface area contributed by atoms with E-state index >= 15 is 0 Å². The average molecular weight is 256 g/mol. The summed E-state index contributed by atoms with van der Waals surface area (Å²) in [6.45, 7) is 2.11. The molecule has 1 heterocycles. The van der Waals surface area contributed by atoms with E-state index in [1.807, 2.05) is 6.07 Å². The molecule has 1 aliphatic heterocycles. The second-order valence-electron chi connectivity index (χ2n) is 4.53. The van der Waals surface area contributed by atoms with Crippen LogP contribution in [0, 0.1) is 5.92 Å². The smallest absolute Gasteiger partial charge is 0.137 e. The highest BCUT2D eigenvalue weighted by atomic mass is 35.5. The Morgan fingerprint density at radius 3 is 3.00 bits per heavy atom. The van der Waals surface area contributed by atoms with E-state index in [2.05, 4.69) is 5.32 Å². The Balaban J connectivity index is 2.15. The Bertz CT molecular complexity index is 389. The lowest BCUT2D eigenvalue weighted by Crippen LogP contribution is -2.30. The van der Waals surface area contributed by atoms with Gasteiger partial charge in [-0.25, -0.2) is 0 Å². The second kappa shape index (κ2) is 5.61. The van der Waals surface area contributed by atoms with Crippen molar-refractivity contribution >= 4 is 11.6 Å². The minimum absolute atomic E-state index is 0.193. The van der Waals surface area contributed by atoms with Gasteiger partial charge in [-0.15, -0.1) is 0 Å². The lowest BCUT2D eigenvalue weighted by molar-refractivity contribution is 0.367. The second-order valence-corrected chi connectivity index (χ2v) is 4.94. The van der Waals surface area contributed by atoms with Gasteiger partial charge in [-0.05, 0) is 49.9 Å². The van der Waals surface area contributed by atoms with Crippen molar-refractivity contribution in [1.82, 2.24) is 5.32 Å². The van der Waals surface area contributed by atoms with Crippen LogP contribution in [0.5, 0.6) is 11.5 Å². The van der Waals surface area contributed by atoms with E-state index in [1.165, 1.54) is 12.8 Å². The Morgan fingerprint density at radius 1 is 1.53 bits per heavy atom. The molecule has 17 heavy (non-hydrogen) atoms. The molecule has 1 saturated heterocycles. The molecule has 0 bridgehead atoms. The van der Waals surface area contributed by atoms with Crippen LogP contribution >= 0.6 is 11.6 Å². The molecule has 0 amide bonds. The molecular weight excluding hydrogens is 238 g/mol. The van der Waals surface area contributed by atoms with Crippen LogP contribution in [0.15, 0.2) is 12.1 Å². The quantitative estimate of drug-likeness (QED) is 0.872. The normalized spacial score (nSPS) is 20.2. The monoisotopic (exact) mass is 255 g/mol. The van der Waals surface area contributed by atoms with E-state index in [1.54, 1.807) is 13.2 Å². The van der Waals surface area contributed by atoms with Gasteiger partial charge in [0.1, 0.15) is 11.5 Å². The number of benzene rings is 1. The number of phenols is 1. The fourth-order valence-electron chi connectivity index (χ4n) is 2.31. The highest BCUT2D eigenvalue weighted by molar-refractivity contribution is 6.32. The molecule has 1 unspecified atom stereocenters. The summed E-state index contributed by atoms with van der Waals surface area (Å²) in [7, 11) is 1.61. The summed E-state index contributed by atoms with van der Waals surface area (Å²) in [5.41, 5.74) is 0.878. The number of piperidine rings is 1. The third-order valence-corrected chi connectivity index (χ3v) is 3.55. The molecule has 0 saturated carbocycles. The summed E-state index contributed by atoms with van der Waals surface area (Å²) in [4.78, 5) is 0. The number of ether oxygens (including phenoxy) is 1. The number of hydrogen-bond acceptors (Lipinski definition) is 3. The van der Waals surface area contributed by atoms with Gasteiger partial charge in [-0.3, -0.25) is 0 Å². The van der Waals surface area contributed by atoms with Crippen molar-refractivity contribution in [1.29, 1.82) is 0 Å². The fraction of sp³-hybridized carbons (Fsp3) is 0.538. The Hall–Kier alpha value is -0.930. The van der Waals surface area contributed by atoms with Crippen LogP contribution in [-0.4, -0.2) is 25.3 Å². The maximum Gasteiger partial charge on any atom is 0.137 e. The minimum atomic E-state index is 0.193. The van der Waals surface area contributed by atoms with E-state index < -0.39 is 0 Å². The molecule has 0 radical (unpaired) electrons. The van der Waals surface area contributed by atoms with Crippen LogP contribution in [0.1, 0.15) is 18.4 Å². The molecule has 1 fully saturated rings. The van der Waals surface area contributed by atoms with Crippen molar-refractivity contribution in [3.63, 3.8) is 0 Å². The van der Waals surface area contributed by atoms with Gasteiger partial charge in [0.05, 0.1) is 12.1 Å². The van der Waals surface area contributed by atoms with Gasteiger partial charge in [0.25, 0.3) is 0 Å². The first kappa shape index (κ1) is 12.5. The van der Waals surface area contributed by atoms with E-state index in [0.717, 1.165) is 25.1 Å². The molecule has 1 atom stereocenters. The van der Waals surface area contributed by atoms with Gasteiger partial charge < -0.3 is 15.2 Å². The fourth-order valence-corrected chi connectivity index (χ4v) is 2.54. The number of nitrogens with one attached hydrogen (secondary N) is 1. The Morgan fingerprint density at radius 2 is 2.35 bits per heavy atom. The summed E-state index contributed by atoms with van der Waals surface area (Å²) in [6, 6.07) is 3.51. The highest BCUT2D eigenvalue weighted by Gasteiger charge is 2.17. The van der Waals surface area contributed by atoms with Crippen molar-refractivity contribution in [3.8, 4) is 11.5 Å². The molecule has 2 rings (SSSR count). The number of hydrogen-bond donors (Lipinski definition) is 2. The van der Waals surface area contributed by atoms with E-state index in [9.17, 15) is 5.11 Å². The summed E-state index contributed by atoms with van der Waals surface area (Å²) in [5.74, 6) is 1.46. The van der Waals surface area contributed by atoms with Crippen molar-refractivity contribution in [2.24, 2.45) is 5.92 Å². The number of aromatic hydroxyl groups is 1. The summed E-state index contributed by atoms with van der Waals surface area (Å²) >= 11 is 5.97. The number of rotatable bonds is 3. The largest absolute Gasteiger partial charge is 0.506 e. The predicted molar refractivity (Wildman–Crippen MR) is 69.0 cm³/mol. The van der Waals surface area contributed by atoms with E-state index in [-0.39, 0.29) is 5.75 Å². The third kappa shape index (κ3) is 3.05. The van der Waals surface area contributed by atoms with Crippen molar-refractivity contribution < 1.29 is 9.84 Å². The third-order valence-electron chi connectivity index (χ3n) is 3.26. The Labute approximate surface area is 107 Å². The van der Waals surface area contributed by atoms with Crippen molar-refractivity contribution in [2.45, 2.75) is 19.3 Å². The van der Waals surface area contributed by atoms with Gasteiger partial charge in [0.2, 0.25) is 0 Å². The first-order valence-electron chi connectivity index (χ1n) is 5.97. The van der Waals surface area contributed by atoms with Crippen molar-refractivity contribution in [3.05, 3.63) is 22.7 Å². The molecule has 2 N–H and O–H groups in total. The van der Waals surface area contributed by atoms with Gasteiger partial charge in [-0.1, -0.05) is 11.6 Å². The van der Waals surface area contributed by atoms with Crippen LogP contribution in [0.3, 0.4) is 0 Å². The van der Waals surface area contributed by atoms with Crippen molar-refractivity contribution in [2.75, 3.05) is 20.2 Å². The molecule has 94 valence electrons. The highest BCUT2D eigenvalue weighted by Crippen LogP contribution is 2.34. The zero-order valence-corrected chi connectivity index (χ0v) is 10.8. The first-order chi connectivity index (χ1) is 8.20. The maximum absolute atomic E-state index is 9.94. The van der Waals surface area contributed by atoms with Gasteiger partial charge in [-0.2, -0.15) is 0 Å². The SMILES string of the molecule is COc1cc(Cl)c(O)c(CC2CCCNC2)c1. The van der Waals surface area contributed by atoms with E-state index in [0.29, 0.717) is 16.7 Å². The molecule has 1 aromatic carbocycles. The predicted octanol–water partition coefficient (Wildman–Crippen LogP) is 2.60. The molecule has 0 spiro atoms. The van der Waals surface area contributed by atoms with Crippen LogP contribution in [0.4, 0.5) is 0 Å². The lowest BCUT2D eigenvalue weighted by atomic mass is 9.92. The lowest BCUT2D eigenvalue weighted by Gasteiger charge is -2.23. The maximum atomic E-state index is 9.94. The first-order valence-corrected chi connectivity index (χ1v) is 6.34. The van der Waals surface area contributed by atoms with Crippen LogP contribution in [-0.2, 0) is 6.42 Å². The average Bonchev–Trinajstić information content (AvgIpc) is 2.36. The molecule has 3 nitrogen and oxygen atoms in total. The molecule has 0 aromatic heterocycles.